The third-order valence-electron chi connectivity index (χ3n) is 4.90. The summed E-state index contributed by atoms with van der Waals surface area (Å²) in [5.41, 5.74) is 0.787. The van der Waals surface area contributed by atoms with Gasteiger partial charge in [-0.25, -0.2) is 8.42 Å². The lowest BCUT2D eigenvalue weighted by atomic mass is 10.2. The molecule has 1 heterocycles. The van der Waals surface area contributed by atoms with Crippen LogP contribution in [0.4, 0.5) is 5.69 Å². The van der Waals surface area contributed by atoms with Gasteiger partial charge in [-0.1, -0.05) is 36.2 Å². The number of para-hydroxylation sites is 1. The minimum atomic E-state index is -3.79. The first kappa shape index (κ1) is 22.3. The Morgan fingerprint density at radius 3 is 2.40 bits per heavy atom. The Labute approximate surface area is 181 Å². The molecule has 0 unspecified atom stereocenters. The van der Waals surface area contributed by atoms with Gasteiger partial charge in [0.15, 0.2) is 0 Å². The summed E-state index contributed by atoms with van der Waals surface area (Å²) >= 11 is 6.16. The van der Waals surface area contributed by atoms with Crippen LogP contribution in [0.25, 0.3) is 0 Å². The summed E-state index contributed by atoms with van der Waals surface area (Å²) in [6.07, 6.45) is 2.59. The zero-order valence-corrected chi connectivity index (χ0v) is 18.2. The highest BCUT2D eigenvalue weighted by atomic mass is 35.5. The molecule has 0 saturated carbocycles. The molecule has 1 aliphatic rings. The number of nitrogens with one attached hydrogen (secondary N) is 1. The minimum absolute atomic E-state index is 0.0709. The van der Waals surface area contributed by atoms with Gasteiger partial charge < -0.3 is 10.2 Å². The van der Waals surface area contributed by atoms with E-state index in [9.17, 15) is 18.0 Å². The quantitative estimate of drug-likeness (QED) is 0.733. The van der Waals surface area contributed by atoms with Crippen LogP contribution in [0.3, 0.4) is 0 Å². The van der Waals surface area contributed by atoms with Crippen LogP contribution in [-0.2, 0) is 14.8 Å². The van der Waals surface area contributed by atoms with Crippen LogP contribution in [0, 0.1) is 0 Å². The van der Waals surface area contributed by atoms with E-state index in [2.05, 4.69) is 5.32 Å². The maximum absolute atomic E-state index is 13.0. The SMILES string of the molecule is CN(CC(=O)Nc1ccccc1)C(=O)c1ccc(Cl)c(S(=O)(=O)N2CCCCC2)c1. The van der Waals surface area contributed by atoms with Crippen molar-refractivity contribution in [3.63, 3.8) is 0 Å². The summed E-state index contributed by atoms with van der Waals surface area (Å²) in [7, 11) is -2.30. The zero-order chi connectivity index (χ0) is 21.7. The third-order valence-corrected chi connectivity index (χ3v) is 7.28. The molecule has 2 aromatic carbocycles. The Morgan fingerprint density at radius 2 is 1.73 bits per heavy atom. The first-order valence-corrected chi connectivity index (χ1v) is 11.5. The molecule has 0 spiro atoms. The van der Waals surface area contributed by atoms with Crippen molar-refractivity contribution in [2.45, 2.75) is 24.2 Å². The standard InChI is InChI=1S/C21H24ClN3O4S/c1-24(15-20(26)23-17-8-4-2-5-9-17)21(27)16-10-11-18(22)19(14-16)30(28,29)25-12-6-3-7-13-25/h2,4-5,8-11,14H,3,6-7,12-13,15H2,1H3,(H,23,26). The number of carbonyl (C=O) groups excluding carboxylic acids is 2. The molecule has 0 radical (unpaired) electrons. The topological polar surface area (TPSA) is 86.8 Å². The van der Waals surface area contributed by atoms with E-state index in [-0.39, 0.29) is 27.9 Å². The number of hydrogen-bond donors (Lipinski definition) is 1. The summed E-state index contributed by atoms with van der Waals surface area (Å²) in [5, 5.41) is 2.78. The molecule has 1 saturated heterocycles. The molecule has 160 valence electrons. The maximum Gasteiger partial charge on any atom is 0.254 e. The molecule has 0 aliphatic carbocycles. The summed E-state index contributed by atoms with van der Waals surface area (Å²) in [6, 6.07) is 13.1. The van der Waals surface area contributed by atoms with E-state index >= 15 is 0 Å². The summed E-state index contributed by atoms with van der Waals surface area (Å²) < 4.78 is 27.4. The molecule has 7 nitrogen and oxygen atoms in total. The molecule has 0 bridgehead atoms. The van der Waals surface area contributed by atoms with E-state index < -0.39 is 15.9 Å². The molecule has 1 N–H and O–H groups in total. The lowest BCUT2D eigenvalue weighted by molar-refractivity contribution is -0.116. The molecule has 3 rings (SSSR count). The van der Waals surface area contributed by atoms with E-state index in [0.29, 0.717) is 18.8 Å². The number of nitrogens with zero attached hydrogens (tertiary/aromatic N) is 2. The van der Waals surface area contributed by atoms with Gasteiger partial charge in [-0.05, 0) is 43.2 Å². The largest absolute Gasteiger partial charge is 0.332 e. The Hall–Kier alpha value is -2.42. The molecular formula is C21H24ClN3O4S. The average Bonchev–Trinajstić information content (AvgIpc) is 2.74. The number of sulfonamides is 1. The van der Waals surface area contributed by atoms with Gasteiger partial charge in [0.2, 0.25) is 15.9 Å². The number of carbonyl (C=O) groups is 2. The first-order valence-electron chi connectivity index (χ1n) is 9.69. The monoisotopic (exact) mass is 449 g/mol. The van der Waals surface area contributed by atoms with Crippen LogP contribution in [0.5, 0.6) is 0 Å². The van der Waals surface area contributed by atoms with Gasteiger partial charge in [-0.15, -0.1) is 0 Å². The van der Waals surface area contributed by atoms with Gasteiger partial charge in [0.25, 0.3) is 5.91 Å². The zero-order valence-electron chi connectivity index (χ0n) is 16.7. The van der Waals surface area contributed by atoms with Crippen molar-refractivity contribution in [3.05, 3.63) is 59.1 Å². The summed E-state index contributed by atoms with van der Waals surface area (Å²) in [5.74, 6) is -0.822. The number of amides is 2. The fraction of sp³-hybridized carbons (Fsp3) is 0.333. The van der Waals surface area contributed by atoms with Gasteiger partial charge in [-0.3, -0.25) is 9.59 Å². The van der Waals surface area contributed by atoms with Crippen LogP contribution >= 0.6 is 11.6 Å². The predicted octanol–water partition coefficient (Wildman–Crippen LogP) is 3.23. The van der Waals surface area contributed by atoms with E-state index in [1.165, 1.54) is 34.5 Å². The van der Waals surface area contributed by atoms with Gasteiger partial charge in [0, 0.05) is 31.4 Å². The molecule has 9 heteroatoms. The van der Waals surface area contributed by atoms with Crippen LogP contribution in [0.2, 0.25) is 5.02 Å². The Morgan fingerprint density at radius 1 is 1.07 bits per heavy atom. The number of piperidine rings is 1. The molecule has 2 aromatic rings. The van der Waals surface area contributed by atoms with Crippen LogP contribution in [0.1, 0.15) is 29.6 Å². The van der Waals surface area contributed by atoms with Crippen molar-refractivity contribution in [2.24, 2.45) is 0 Å². The van der Waals surface area contributed by atoms with Gasteiger partial charge in [-0.2, -0.15) is 4.31 Å². The second kappa shape index (κ2) is 9.59. The van der Waals surface area contributed by atoms with Crippen molar-refractivity contribution in [2.75, 3.05) is 32.0 Å². The fourth-order valence-electron chi connectivity index (χ4n) is 3.31. The number of benzene rings is 2. The van der Waals surface area contributed by atoms with Gasteiger partial charge in [0.05, 0.1) is 11.6 Å². The number of halogens is 1. The second-order valence-corrected chi connectivity index (χ2v) is 9.50. The number of rotatable bonds is 6. The van der Waals surface area contributed by atoms with Crippen molar-refractivity contribution in [1.82, 2.24) is 9.21 Å². The fourth-order valence-corrected chi connectivity index (χ4v) is 5.33. The lowest BCUT2D eigenvalue weighted by Crippen LogP contribution is -2.36. The van der Waals surface area contributed by atoms with Crippen molar-refractivity contribution in [3.8, 4) is 0 Å². The number of anilines is 1. The molecule has 30 heavy (non-hydrogen) atoms. The third kappa shape index (κ3) is 5.19. The van der Waals surface area contributed by atoms with E-state index in [4.69, 9.17) is 11.6 Å². The highest BCUT2D eigenvalue weighted by molar-refractivity contribution is 7.89. The summed E-state index contributed by atoms with van der Waals surface area (Å²) in [6.45, 7) is 0.706. The van der Waals surface area contributed by atoms with Crippen molar-refractivity contribution >= 4 is 39.1 Å². The van der Waals surface area contributed by atoms with Crippen molar-refractivity contribution in [1.29, 1.82) is 0 Å². The van der Waals surface area contributed by atoms with Crippen LogP contribution in [-0.4, -0.2) is 56.1 Å². The smallest absolute Gasteiger partial charge is 0.254 e. The number of likely N-dealkylation sites (N-methyl/N-ethyl adjacent to an activating group) is 1. The molecule has 0 atom stereocenters. The first-order chi connectivity index (χ1) is 14.3. The minimum Gasteiger partial charge on any atom is -0.332 e. The maximum atomic E-state index is 13.0. The van der Waals surface area contributed by atoms with E-state index in [1.54, 1.807) is 24.3 Å². The average molecular weight is 450 g/mol. The van der Waals surface area contributed by atoms with Gasteiger partial charge >= 0.3 is 0 Å². The normalized spacial score (nSPS) is 14.9. The Balaban J connectivity index is 1.74. The lowest BCUT2D eigenvalue weighted by Gasteiger charge is -2.26. The highest BCUT2D eigenvalue weighted by Gasteiger charge is 2.29. The molecule has 1 aliphatic heterocycles. The van der Waals surface area contributed by atoms with Crippen molar-refractivity contribution < 1.29 is 18.0 Å². The second-order valence-electron chi connectivity index (χ2n) is 7.19. The van der Waals surface area contributed by atoms with E-state index in [0.717, 1.165) is 19.3 Å². The molecule has 0 aromatic heterocycles. The van der Waals surface area contributed by atoms with E-state index in [1.807, 2.05) is 6.07 Å². The number of hydrogen-bond acceptors (Lipinski definition) is 4. The van der Waals surface area contributed by atoms with Crippen LogP contribution in [0.15, 0.2) is 53.4 Å². The Bertz CT molecular complexity index is 1020. The highest BCUT2D eigenvalue weighted by Crippen LogP contribution is 2.28. The van der Waals surface area contributed by atoms with Crippen LogP contribution < -0.4 is 5.32 Å². The molecule has 2 amide bonds. The Kier molecular flexibility index (Phi) is 7.12. The predicted molar refractivity (Wildman–Crippen MR) is 116 cm³/mol. The van der Waals surface area contributed by atoms with Gasteiger partial charge in [0.1, 0.15) is 4.90 Å². The molecular weight excluding hydrogens is 426 g/mol. The molecule has 1 fully saturated rings. The summed E-state index contributed by atoms with van der Waals surface area (Å²) in [4.78, 5) is 26.2.